The van der Waals surface area contributed by atoms with E-state index in [4.69, 9.17) is 18.0 Å². The molecule has 2 rings (SSSR count). The first-order chi connectivity index (χ1) is 8.66. The number of likely N-dealkylation sites (tertiary alicyclic amines) is 1. The van der Waals surface area contributed by atoms with Gasteiger partial charge < -0.3 is 16.0 Å². The van der Waals surface area contributed by atoms with Crippen LogP contribution in [0, 0.1) is 0 Å². The highest BCUT2D eigenvalue weighted by molar-refractivity contribution is 7.80. The lowest BCUT2D eigenvalue weighted by Crippen LogP contribution is -2.33. The first-order valence-electron chi connectivity index (χ1n) is 5.94. The molecule has 3 N–H and O–H groups in total. The number of carbonyl (C=O) groups is 1. The van der Waals surface area contributed by atoms with E-state index in [1.165, 1.54) is 0 Å². The number of hydrogen-bond donors (Lipinski definition) is 2. The standard InChI is InChI=1S/C12H16N4OS/c13-12(18)10-4-3-9(7-15-10)14-8-11(17)16-5-1-2-6-16/h3-4,7,14H,1-2,5-6,8H2,(H2,13,18). The van der Waals surface area contributed by atoms with Crippen molar-refractivity contribution in [3.63, 3.8) is 0 Å². The molecule has 0 atom stereocenters. The molecule has 1 aliphatic rings. The van der Waals surface area contributed by atoms with Gasteiger partial charge in [-0.15, -0.1) is 0 Å². The van der Waals surface area contributed by atoms with Crippen LogP contribution in [0.1, 0.15) is 18.5 Å². The zero-order valence-electron chi connectivity index (χ0n) is 10.1. The molecule has 0 unspecified atom stereocenters. The van der Waals surface area contributed by atoms with Crippen LogP contribution in [0.2, 0.25) is 0 Å². The van der Waals surface area contributed by atoms with Crippen molar-refractivity contribution in [3.05, 3.63) is 24.0 Å². The summed E-state index contributed by atoms with van der Waals surface area (Å²) in [6, 6.07) is 3.56. The van der Waals surface area contributed by atoms with E-state index in [0.717, 1.165) is 31.6 Å². The average Bonchev–Trinajstić information content (AvgIpc) is 2.90. The number of pyridine rings is 1. The van der Waals surface area contributed by atoms with E-state index in [1.54, 1.807) is 12.3 Å². The maximum absolute atomic E-state index is 11.8. The van der Waals surface area contributed by atoms with Crippen LogP contribution in [-0.4, -0.2) is 40.4 Å². The Labute approximate surface area is 111 Å². The number of nitrogens with zero attached hydrogens (tertiary/aromatic N) is 2. The van der Waals surface area contributed by atoms with E-state index < -0.39 is 0 Å². The molecule has 96 valence electrons. The fraction of sp³-hybridized carbons (Fsp3) is 0.417. The maximum Gasteiger partial charge on any atom is 0.241 e. The molecule has 0 bridgehead atoms. The molecule has 1 saturated heterocycles. The highest BCUT2D eigenvalue weighted by Gasteiger charge is 2.17. The van der Waals surface area contributed by atoms with E-state index in [1.807, 2.05) is 11.0 Å². The van der Waals surface area contributed by atoms with E-state index in [2.05, 4.69) is 10.3 Å². The van der Waals surface area contributed by atoms with Crippen LogP contribution < -0.4 is 11.1 Å². The van der Waals surface area contributed by atoms with Crippen molar-refractivity contribution in [2.45, 2.75) is 12.8 Å². The van der Waals surface area contributed by atoms with E-state index in [9.17, 15) is 4.79 Å². The molecule has 0 aliphatic carbocycles. The van der Waals surface area contributed by atoms with E-state index >= 15 is 0 Å². The second-order valence-electron chi connectivity index (χ2n) is 4.24. The molecule has 18 heavy (non-hydrogen) atoms. The molecular formula is C12H16N4OS. The second kappa shape index (κ2) is 5.77. The van der Waals surface area contributed by atoms with Crippen LogP contribution in [0.3, 0.4) is 0 Å². The second-order valence-corrected chi connectivity index (χ2v) is 4.68. The zero-order valence-corrected chi connectivity index (χ0v) is 10.9. The number of thiocarbonyl (C=S) groups is 1. The third-order valence-corrected chi connectivity index (χ3v) is 3.13. The molecule has 0 saturated carbocycles. The van der Waals surface area contributed by atoms with Crippen LogP contribution in [0.15, 0.2) is 18.3 Å². The Bertz CT molecular complexity index is 440. The number of nitrogens with one attached hydrogen (secondary N) is 1. The molecule has 0 aromatic carbocycles. The average molecular weight is 264 g/mol. The van der Waals surface area contributed by atoms with Gasteiger partial charge >= 0.3 is 0 Å². The number of amides is 1. The summed E-state index contributed by atoms with van der Waals surface area (Å²) in [6.07, 6.45) is 3.84. The van der Waals surface area contributed by atoms with Gasteiger partial charge in [0.1, 0.15) is 4.99 Å². The molecule has 6 heteroatoms. The van der Waals surface area contributed by atoms with Crippen LogP contribution >= 0.6 is 12.2 Å². The van der Waals surface area contributed by atoms with Gasteiger partial charge in [0.2, 0.25) is 5.91 Å². The molecule has 1 fully saturated rings. The summed E-state index contributed by atoms with van der Waals surface area (Å²) in [7, 11) is 0. The van der Waals surface area contributed by atoms with Gasteiger partial charge in [-0.2, -0.15) is 0 Å². The summed E-state index contributed by atoms with van der Waals surface area (Å²) in [4.78, 5) is 18.0. The lowest BCUT2D eigenvalue weighted by atomic mass is 10.3. The Morgan fingerprint density at radius 2 is 2.17 bits per heavy atom. The molecule has 1 aromatic heterocycles. The molecule has 0 spiro atoms. The first-order valence-corrected chi connectivity index (χ1v) is 6.35. The maximum atomic E-state index is 11.8. The fourth-order valence-corrected chi connectivity index (χ4v) is 2.02. The summed E-state index contributed by atoms with van der Waals surface area (Å²) in [6.45, 7) is 2.05. The largest absolute Gasteiger partial charge is 0.388 e. The molecule has 1 amide bonds. The number of nitrogens with two attached hydrogens (primary N) is 1. The number of anilines is 1. The van der Waals surface area contributed by atoms with Crippen molar-refractivity contribution in [3.8, 4) is 0 Å². The Balaban J connectivity index is 1.86. The Morgan fingerprint density at radius 1 is 1.44 bits per heavy atom. The summed E-state index contributed by atoms with van der Waals surface area (Å²) < 4.78 is 0. The predicted molar refractivity (Wildman–Crippen MR) is 74.4 cm³/mol. The van der Waals surface area contributed by atoms with Gasteiger partial charge in [-0.1, -0.05) is 12.2 Å². The lowest BCUT2D eigenvalue weighted by molar-refractivity contribution is -0.128. The van der Waals surface area contributed by atoms with E-state index in [-0.39, 0.29) is 10.9 Å². The van der Waals surface area contributed by atoms with Crippen molar-refractivity contribution in [2.75, 3.05) is 25.0 Å². The molecular weight excluding hydrogens is 248 g/mol. The predicted octanol–water partition coefficient (Wildman–Crippen LogP) is 0.750. The molecule has 1 aromatic rings. The lowest BCUT2D eigenvalue weighted by Gasteiger charge is -2.15. The highest BCUT2D eigenvalue weighted by Crippen LogP contribution is 2.09. The van der Waals surface area contributed by atoms with Crippen molar-refractivity contribution in [2.24, 2.45) is 5.73 Å². The third-order valence-electron chi connectivity index (χ3n) is 2.92. The van der Waals surface area contributed by atoms with Gasteiger partial charge in [0, 0.05) is 13.1 Å². The number of aromatic nitrogens is 1. The number of rotatable bonds is 4. The number of hydrogen-bond acceptors (Lipinski definition) is 4. The minimum Gasteiger partial charge on any atom is -0.388 e. The smallest absolute Gasteiger partial charge is 0.241 e. The topological polar surface area (TPSA) is 71.2 Å². The molecule has 1 aliphatic heterocycles. The Morgan fingerprint density at radius 3 is 2.72 bits per heavy atom. The van der Waals surface area contributed by atoms with Gasteiger partial charge in [0.05, 0.1) is 24.1 Å². The molecule has 5 nitrogen and oxygen atoms in total. The Kier molecular flexibility index (Phi) is 4.09. The van der Waals surface area contributed by atoms with Crippen molar-refractivity contribution < 1.29 is 4.79 Å². The molecule has 2 heterocycles. The minimum absolute atomic E-state index is 0.130. The van der Waals surface area contributed by atoms with Gasteiger partial charge in [-0.05, 0) is 25.0 Å². The highest BCUT2D eigenvalue weighted by atomic mass is 32.1. The Hall–Kier alpha value is -1.69. The quantitative estimate of drug-likeness (QED) is 0.785. The van der Waals surface area contributed by atoms with Crippen LogP contribution in [0.25, 0.3) is 0 Å². The molecule has 0 radical (unpaired) electrons. The number of carbonyl (C=O) groups excluding carboxylic acids is 1. The fourth-order valence-electron chi connectivity index (χ4n) is 1.90. The monoisotopic (exact) mass is 264 g/mol. The zero-order chi connectivity index (χ0) is 13.0. The van der Waals surface area contributed by atoms with Gasteiger partial charge in [0.15, 0.2) is 0 Å². The van der Waals surface area contributed by atoms with Crippen LogP contribution in [0.4, 0.5) is 5.69 Å². The first kappa shape index (κ1) is 12.8. The van der Waals surface area contributed by atoms with Crippen molar-refractivity contribution >= 4 is 28.8 Å². The van der Waals surface area contributed by atoms with Crippen molar-refractivity contribution in [1.29, 1.82) is 0 Å². The van der Waals surface area contributed by atoms with Gasteiger partial charge in [0.25, 0.3) is 0 Å². The SMILES string of the molecule is NC(=S)c1ccc(NCC(=O)N2CCCC2)cn1. The van der Waals surface area contributed by atoms with E-state index in [0.29, 0.717) is 12.2 Å². The summed E-state index contributed by atoms with van der Waals surface area (Å²) in [5, 5.41) is 3.05. The summed E-state index contributed by atoms with van der Waals surface area (Å²) >= 11 is 4.82. The summed E-state index contributed by atoms with van der Waals surface area (Å²) in [5.41, 5.74) is 6.84. The van der Waals surface area contributed by atoms with Gasteiger partial charge in [-0.25, -0.2) is 0 Å². The minimum atomic E-state index is 0.130. The third kappa shape index (κ3) is 3.16. The van der Waals surface area contributed by atoms with Crippen molar-refractivity contribution in [1.82, 2.24) is 9.88 Å². The van der Waals surface area contributed by atoms with Crippen LogP contribution in [0.5, 0.6) is 0 Å². The van der Waals surface area contributed by atoms with Crippen LogP contribution in [-0.2, 0) is 4.79 Å². The normalized spacial score (nSPS) is 14.6. The van der Waals surface area contributed by atoms with Gasteiger partial charge in [-0.3, -0.25) is 9.78 Å². The summed E-state index contributed by atoms with van der Waals surface area (Å²) in [5.74, 6) is 0.130.